The normalized spacial score (nSPS) is 25.9. The molecule has 0 aliphatic carbocycles. The van der Waals surface area contributed by atoms with Crippen molar-refractivity contribution in [2.75, 3.05) is 37.7 Å². The van der Waals surface area contributed by atoms with Gasteiger partial charge in [0.2, 0.25) is 5.76 Å². The van der Waals surface area contributed by atoms with E-state index in [1.807, 2.05) is 18.7 Å². The third kappa shape index (κ3) is 5.96. The second-order valence-corrected chi connectivity index (χ2v) is 9.31. The van der Waals surface area contributed by atoms with E-state index < -0.39 is 17.2 Å². The number of rotatable bonds is 6. The van der Waals surface area contributed by atoms with E-state index >= 15 is 0 Å². The number of thioether (sulfide) groups is 1. The summed E-state index contributed by atoms with van der Waals surface area (Å²) in [5.41, 5.74) is -0.689. The number of nitrogens with one attached hydrogen (secondary N) is 1. The molecule has 3 rings (SSSR count). The number of piperidine rings is 1. The molecule has 1 spiro atoms. The number of hydrogen-bond donors (Lipinski definition) is 3. The summed E-state index contributed by atoms with van der Waals surface area (Å²) >= 11 is 1.95. The van der Waals surface area contributed by atoms with Gasteiger partial charge in [0.25, 0.3) is 12.4 Å². The van der Waals surface area contributed by atoms with Crippen LogP contribution >= 0.6 is 11.8 Å². The minimum absolute atomic E-state index is 0.171. The molecule has 30 heavy (non-hydrogen) atoms. The molecule has 0 radical (unpaired) electrons. The SMILES string of the molecule is CCSCCN1CCC2(CC1)OCC[C@](C)(NC(=O)c1cc(C)no1)[C@H]2O.O=CO. The summed E-state index contributed by atoms with van der Waals surface area (Å²) in [5.74, 6) is 2.10. The number of aromatic nitrogens is 1. The van der Waals surface area contributed by atoms with Crippen molar-refractivity contribution in [3.05, 3.63) is 17.5 Å². The maximum atomic E-state index is 12.5. The van der Waals surface area contributed by atoms with Crippen LogP contribution in [0.2, 0.25) is 0 Å². The monoisotopic (exact) mass is 443 g/mol. The van der Waals surface area contributed by atoms with Crippen LogP contribution in [-0.2, 0) is 9.53 Å². The first-order chi connectivity index (χ1) is 14.3. The summed E-state index contributed by atoms with van der Waals surface area (Å²) in [6.07, 6.45) is 1.35. The lowest BCUT2D eigenvalue weighted by Gasteiger charge is -2.53. The van der Waals surface area contributed by atoms with Gasteiger partial charge in [-0.1, -0.05) is 12.1 Å². The van der Waals surface area contributed by atoms with Crippen molar-refractivity contribution in [2.45, 2.75) is 57.3 Å². The van der Waals surface area contributed by atoms with E-state index in [1.165, 1.54) is 0 Å². The van der Waals surface area contributed by atoms with Crippen molar-refractivity contribution in [1.82, 2.24) is 15.4 Å². The highest BCUT2D eigenvalue weighted by Crippen LogP contribution is 2.40. The Morgan fingerprint density at radius 3 is 2.67 bits per heavy atom. The Bertz CT molecular complexity index is 692. The highest BCUT2D eigenvalue weighted by atomic mass is 32.2. The second kappa shape index (κ2) is 11.1. The average Bonchev–Trinajstić information content (AvgIpc) is 3.15. The number of carbonyl (C=O) groups excluding carboxylic acids is 1. The zero-order valence-corrected chi connectivity index (χ0v) is 18.7. The molecule has 1 aromatic heterocycles. The lowest BCUT2D eigenvalue weighted by atomic mass is 9.73. The lowest BCUT2D eigenvalue weighted by Crippen LogP contribution is -2.69. The maximum absolute atomic E-state index is 12.5. The van der Waals surface area contributed by atoms with Gasteiger partial charge < -0.3 is 29.7 Å². The van der Waals surface area contributed by atoms with Gasteiger partial charge in [-0.3, -0.25) is 9.59 Å². The van der Waals surface area contributed by atoms with Crippen LogP contribution in [0.3, 0.4) is 0 Å². The number of aryl methyl sites for hydroxylation is 1. The van der Waals surface area contributed by atoms with E-state index in [1.54, 1.807) is 13.0 Å². The van der Waals surface area contributed by atoms with Crippen LogP contribution in [0.4, 0.5) is 0 Å². The van der Waals surface area contributed by atoms with Gasteiger partial charge in [0, 0.05) is 38.1 Å². The first-order valence-corrected chi connectivity index (χ1v) is 11.4. The van der Waals surface area contributed by atoms with Crippen LogP contribution in [0.5, 0.6) is 0 Å². The number of amides is 1. The van der Waals surface area contributed by atoms with Crippen LogP contribution < -0.4 is 5.32 Å². The molecule has 10 heteroatoms. The summed E-state index contributed by atoms with van der Waals surface area (Å²) in [6, 6.07) is 1.60. The number of carboxylic acid groups (broad SMARTS) is 1. The Morgan fingerprint density at radius 1 is 1.43 bits per heavy atom. The number of aliphatic hydroxyl groups excluding tert-OH is 1. The highest BCUT2D eigenvalue weighted by molar-refractivity contribution is 7.99. The number of ether oxygens (including phenoxy) is 1. The van der Waals surface area contributed by atoms with E-state index in [4.69, 9.17) is 19.2 Å². The molecule has 1 aromatic rings. The summed E-state index contributed by atoms with van der Waals surface area (Å²) in [7, 11) is 0. The summed E-state index contributed by atoms with van der Waals surface area (Å²) in [4.78, 5) is 23.3. The molecular formula is C20H33N3O6S. The van der Waals surface area contributed by atoms with Gasteiger partial charge in [-0.15, -0.1) is 0 Å². The standard InChI is InChI=1S/C19H31N3O4S.CH2O2/c1-4-27-12-10-22-8-5-19(6-9-22)17(24)18(3,7-11-25-19)20-16(23)15-13-14(2)21-26-15;2-1-3/h13,17,24H,4-12H2,1-3H3,(H,20,23);1H,(H,2,3)/t17-,18+;/m1./s1. The minimum atomic E-state index is -0.765. The molecule has 2 aliphatic rings. The molecule has 9 nitrogen and oxygen atoms in total. The van der Waals surface area contributed by atoms with Gasteiger partial charge in [-0.05, 0) is 38.9 Å². The lowest BCUT2D eigenvalue weighted by molar-refractivity contribution is -0.205. The van der Waals surface area contributed by atoms with Gasteiger partial charge in [0.05, 0.1) is 16.8 Å². The fourth-order valence-corrected chi connectivity index (χ4v) is 4.77. The van der Waals surface area contributed by atoms with Crippen molar-refractivity contribution < 1.29 is 29.1 Å². The number of nitrogens with zero attached hydrogens (tertiary/aromatic N) is 2. The fourth-order valence-electron chi connectivity index (χ4n) is 4.10. The van der Waals surface area contributed by atoms with E-state index in [2.05, 4.69) is 22.3 Å². The first kappa shape index (κ1) is 24.6. The van der Waals surface area contributed by atoms with Gasteiger partial charge in [0.1, 0.15) is 6.10 Å². The number of hydrogen-bond acceptors (Lipinski definition) is 8. The van der Waals surface area contributed by atoms with Crippen molar-refractivity contribution in [3.63, 3.8) is 0 Å². The summed E-state index contributed by atoms with van der Waals surface area (Å²) in [5, 5.41) is 24.8. The molecule has 2 aliphatic heterocycles. The number of likely N-dealkylation sites (tertiary alicyclic amines) is 1. The maximum Gasteiger partial charge on any atom is 0.290 e. The molecule has 2 fully saturated rings. The average molecular weight is 444 g/mol. The van der Waals surface area contributed by atoms with Gasteiger partial charge in [-0.2, -0.15) is 11.8 Å². The molecule has 1 amide bonds. The first-order valence-electron chi connectivity index (χ1n) is 10.3. The van der Waals surface area contributed by atoms with Crippen molar-refractivity contribution in [3.8, 4) is 0 Å². The van der Waals surface area contributed by atoms with Crippen LogP contribution in [0.25, 0.3) is 0 Å². The molecule has 2 saturated heterocycles. The molecule has 0 aromatic carbocycles. The van der Waals surface area contributed by atoms with E-state index in [9.17, 15) is 9.90 Å². The number of carbonyl (C=O) groups is 2. The Labute approximate surface area is 181 Å². The predicted octanol–water partition coefficient (Wildman–Crippen LogP) is 1.54. The van der Waals surface area contributed by atoms with E-state index in [-0.39, 0.29) is 18.1 Å². The minimum Gasteiger partial charge on any atom is -0.483 e. The molecule has 0 saturated carbocycles. The Hall–Kier alpha value is -1.62. The molecule has 0 unspecified atom stereocenters. The predicted molar refractivity (Wildman–Crippen MR) is 114 cm³/mol. The summed E-state index contributed by atoms with van der Waals surface area (Å²) in [6.45, 7) is 9.01. The van der Waals surface area contributed by atoms with Crippen LogP contribution in [0.15, 0.2) is 10.6 Å². The zero-order chi connectivity index (χ0) is 22.2. The fraction of sp³-hybridized carbons (Fsp3) is 0.750. The Balaban J connectivity index is 0.00000101. The van der Waals surface area contributed by atoms with Gasteiger partial charge >= 0.3 is 0 Å². The molecule has 170 valence electrons. The smallest absolute Gasteiger partial charge is 0.290 e. The quantitative estimate of drug-likeness (QED) is 0.443. The van der Waals surface area contributed by atoms with E-state index in [0.717, 1.165) is 44.0 Å². The van der Waals surface area contributed by atoms with E-state index in [0.29, 0.717) is 18.7 Å². The second-order valence-electron chi connectivity index (χ2n) is 7.91. The molecule has 3 N–H and O–H groups in total. The third-order valence-corrected chi connectivity index (χ3v) is 6.70. The van der Waals surface area contributed by atoms with Crippen molar-refractivity contribution in [2.24, 2.45) is 0 Å². The van der Waals surface area contributed by atoms with Crippen LogP contribution in [0, 0.1) is 6.92 Å². The topological polar surface area (TPSA) is 125 Å². The largest absolute Gasteiger partial charge is 0.483 e. The van der Waals surface area contributed by atoms with Crippen molar-refractivity contribution >= 4 is 24.1 Å². The molecule has 3 heterocycles. The number of aliphatic hydroxyl groups is 1. The highest BCUT2D eigenvalue weighted by Gasteiger charge is 2.53. The Morgan fingerprint density at radius 2 is 2.10 bits per heavy atom. The van der Waals surface area contributed by atoms with Gasteiger partial charge in [0.15, 0.2) is 0 Å². The van der Waals surface area contributed by atoms with Gasteiger partial charge in [-0.25, -0.2) is 0 Å². The molecule has 2 atom stereocenters. The Kier molecular flexibility index (Phi) is 9.14. The summed E-state index contributed by atoms with van der Waals surface area (Å²) < 4.78 is 11.2. The molecular weight excluding hydrogens is 410 g/mol. The van der Waals surface area contributed by atoms with Crippen LogP contribution in [0.1, 0.15) is 49.4 Å². The van der Waals surface area contributed by atoms with Crippen molar-refractivity contribution in [1.29, 1.82) is 0 Å². The zero-order valence-electron chi connectivity index (χ0n) is 17.9. The third-order valence-electron chi connectivity index (χ3n) is 5.82. The van der Waals surface area contributed by atoms with Crippen LogP contribution in [-0.4, -0.2) is 87.6 Å². The molecule has 0 bridgehead atoms.